The van der Waals surface area contributed by atoms with Crippen molar-refractivity contribution in [2.24, 2.45) is 0 Å². The van der Waals surface area contributed by atoms with Gasteiger partial charge in [-0.3, -0.25) is 4.41 Å². The van der Waals surface area contributed by atoms with E-state index in [-0.39, 0.29) is 10.3 Å². The first-order valence-electron chi connectivity index (χ1n) is 2.35. The molecule has 0 heterocycles. The van der Waals surface area contributed by atoms with E-state index in [1.54, 1.807) is 0 Å². The van der Waals surface area contributed by atoms with Gasteiger partial charge in [0.1, 0.15) is 0 Å². The van der Waals surface area contributed by atoms with Crippen molar-refractivity contribution in [3.8, 4) is 0 Å². The summed E-state index contributed by atoms with van der Waals surface area (Å²) in [5.74, 6) is 0.442. The minimum absolute atomic E-state index is 0.0880. The van der Waals surface area contributed by atoms with Crippen molar-refractivity contribution in [2.75, 3.05) is 5.75 Å². The zero-order valence-electron chi connectivity index (χ0n) is 4.66. The van der Waals surface area contributed by atoms with Crippen molar-refractivity contribution in [1.29, 1.82) is 0 Å². The molecule has 0 aromatic heterocycles. The standard InChI is InChI=1S/C3H8N2OS3/c6-3(1-2-7)5(9)4-8/h5,7H,1-2,4H2. The highest BCUT2D eigenvalue weighted by molar-refractivity contribution is 7.80. The Morgan fingerprint density at radius 3 is 2.67 bits per heavy atom. The van der Waals surface area contributed by atoms with Gasteiger partial charge in [0.15, 0.2) is 0 Å². The summed E-state index contributed by atoms with van der Waals surface area (Å²) < 4.78 is 0.235. The SMILES string of the molecule is O=C(CCS)[NH+]([S-])[NH2+][S-]. The second kappa shape index (κ2) is 5.43. The Balaban J connectivity index is 3.46. The molecule has 0 spiro atoms. The van der Waals surface area contributed by atoms with E-state index in [0.717, 1.165) is 0 Å². The average molecular weight is 184 g/mol. The van der Waals surface area contributed by atoms with Gasteiger partial charge in [0.25, 0.3) is 0 Å². The quantitative estimate of drug-likeness (QED) is 0.145. The number of carbonyl (C=O) groups excluding carboxylic acids is 1. The van der Waals surface area contributed by atoms with Gasteiger partial charge in [-0.25, -0.2) is 4.79 Å². The van der Waals surface area contributed by atoms with Gasteiger partial charge in [-0.05, 0) is 0 Å². The molecule has 1 unspecified atom stereocenters. The molecule has 0 aliphatic rings. The van der Waals surface area contributed by atoms with E-state index in [0.29, 0.717) is 12.2 Å². The van der Waals surface area contributed by atoms with Crippen LogP contribution in [0.15, 0.2) is 0 Å². The Morgan fingerprint density at radius 1 is 1.78 bits per heavy atom. The van der Waals surface area contributed by atoms with E-state index < -0.39 is 0 Å². The maximum Gasteiger partial charge on any atom is 0.339 e. The summed E-state index contributed by atoms with van der Waals surface area (Å²) in [4.78, 5) is 11.9. The molecule has 1 atom stereocenters. The zero-order chi connectivity index (χ0) is 7.28. The van der Waals surface area contributed by atoms with Crippen LogP contribution in [0.2, 0.25) is 0 Å². The Morgan fingerprint density at radius 2 is 2.33 bits per heavy atom. The molecular formula is C3H8N2OS3. The highest BCUT2D eigenvalue weighted by Crippen LogP contribution is 1.77. The fraction of sp³-hybridized carbons (Fsp3) is 0.667. The number of nitrogens with one attached hydrogen (secondary N) is 1. The van der Waals surface area contributed by atoms with Gasteiger partial charge in [0.05, 0.1) is 6.42 Å². The lowest BCUT2D eigenvalue weighted by molar-refractivity contribution is -1.21. The van der Waals surface area contributed by atoms with Crippen LogP contribution < -0.4 is 9.25 Å². The van der Waals surface area contributed by atoms with Gasteiger partial charge in [-0.15, -0.1) is 0 Å². The van der Waals surface area contributed by atoms with Crippen LogP contribution in [0.25, 0.3) is 0 Å². The number of carbonyl (C=O) groups is 1. The first kappa shape index (κ1) is 9.64. The lowest BCUT2D eigenvalue weighted by atomic mass is 10.5. The first-order chi connectivity index (χ1) is 4.22. The fourth-order valence-corrected chi connectivity index (χ4v) is 0.727. The monoisotopic (exact) mass is 184 g/mol. The molecular weight excluding hydrogens is 176 g/mol. The van der Waals surface area contributed by atoms with Gasteiger partial charge in [-0.1, -0.05) is 0 Å². The number of hydrogen-bond donors (Lipinski definition) is 3. The third kappa shape index (κ3) is 4.10. The van der Waals surface area contributed by atoms with Gasteiger partial charge in [-0.2, -0.15) is 12.6 Å². The predicted molar refractivity (Wildman–Crippen MR) is 41.1 cm³/mol. The van der Waals surface area contributed by atoms with Crippen LogP contribution in [-0.4, -0.2) is 11.7 Å². The largest absolute Gasteiger partial charge is 0.437 e. The molecule has 0 aromatic rings. The smallest absolute Gasteiger partial charge is 0.339 e. The van der Waals surface area contributed by atoms with Crippen LogP contribution in [-0.2, 0) is 30.4 Å². The van der Waals surface area contributed by atoms with E-state index in [9.17, 15) is 4.79 Å². The van der Waals surface area contributed by atoms with E-state index in [1.165, 1.54) is 4.83 Å². The van der Waals surface area contributed by atoms with Gasteiger partial charge in [0, 0.05) is 5.75 Å². The van der Waals surface area contributed by atoms with E-state index in [1.807, 2.05) is 0 Å². The van der Waals surface area contributed by atoms with Crippen molar-refractivity contribution in [3.63, 3.8) is 0 Å². The molecule has 0 radical (unpaired) electrons. The molecule has 0 saturated carbocycles. The van der Waals surface area contributed by atoms with Gasteiger partial charge >= 0.3 is 5.91 Å². The Bertz CT molecular complexity index is 99.1. The minimum atomic E-state index is -0.0880. The van der Waals surface area contributed by atoms with Crippen molar-refractivity contribution in [1.82, 2.24) is 0 Å². The maximum atomic E-state index is 10.7. The third-order valence-electron chi connectivity index (χ3n) is 0.721. The maximum absolute atomic E-state index is 10.7. The number of rotatable bonds is 3. The Kier molecular flexibility index (Phi) is 5.81. The minimum Gasteiger partial charge on any atom is -0.437 e. The zero-order valence-corrected chi connectivity index (χ0v) is 7.19. The van der Waals surface area contributed by atoms with Crippen LogP contribution in [0.4, 0.5) is 0 Å². The molecule has 54 valence electrons. The van der Waals surface area contributed by atoms with Gasteiger partial charge < -0.3 is 30.5 Å². The number of thiol groups is 1. The van der Waals surface area contributed by atoms with Crippen LogP contribution in [0.3, 0.4) is 0 Å². The summed E-state index contributed by atoms with van der Waals surface area (Å²) in [7, 11) is 0. The van der Waals surface area contributed by atoms with E-state index >= 15 is 0 Å². The third-order valence-corrected chi connectivity index (χ3v) is 1.67. The lowest BCUT2D eigenvalue weighted by Gasteiger charge is -2.19. The number of amides is 1. The fourth-order valence-electron chi connectivity index (χ4n) is 0.290. The highest BCUT2D eigenvalue weighted by Gasteiger charge is 2.04. The lowest BCUT2D eigenvalue weighted by Crippen LogP contribution is -3.44. The molecule has 0 saturated heterocycles. The summed E-state index contributed by atoms with van der Waals surface area (Å²) in [5, 5.41) is 0. The summed E-state index contributed by atoms with van der Waals surface area (Å²) in [6, 6.07) is 0. The van der Waals surface area contributed by atoms with Crippen LogP contribution in [0.5, 0.6) is 0 Å². The molecule has 0 aromatic carbocycles. The summed E-state index contributed by atoms with van der Waals surface area (Å²) in [6.45, 7) is 0. The second-order valence-electron chi connectivity index (χ2n) is 1.38. The Hall–Kier alpha value is 0.640. The summed E-state index contributed by atoms with van der Waals surface area (Å²) in [6.07, 6.45) is 0.384. The highest BCUT2D eigenvalue weighted by atomic mass is 32.1. The van der Waals surface area contributed by atoms with E-state index in [2.05, 4.69) is 38.3 Å². The van der Waals surface area contributed by atoms with Crippen LogP contribution in [0.1, 0.15) is 6.42 Å². The molecule has 0 rings (SSSR count). The van der Waals surface area contributed by atoms with Crippen molar-refractivity contribution < 1.29 is 14.0 Å². The molecule has 0 bridgehead atoms. The van der Waals surface area contributed by atoms with E-state index in [4.69, 9.17) is 0 Å². The molecule has 0 aliphatic carbocycles. The summed E-state index contributed by atoms with van der Waals surface area (Å²) in [5.41, 5.74) is 0. The molecule has 9 heavy (non-hydrogen) atoms. The molecule has 1 amide bonds. The summed E-state index contributed by atoms with van der Waals surface area (Å²) >= 11 is 12.9. The van der Waals surface area contributed by atoms with Crippen LogP contribution >= 0.6 is 12.6 Å². The van der Waals surface area contributed by atoms with Gasteiger partial charge in [0.2, 0.25) is 0 Å². The molecule has 3 N–H and O–H groups in total. The molecule has 3 nitrogen and oxygen atoms in total. The molecule has 6 heteroatoms. The molecule has 0 aliphatic heterocycles. The van der Waals surface area contributed by atoms with Crippen molar-refractivity contribution in [2.45, 2.75) is 6.42 Å². The second-order valence-corrected chi connectivity index (χ2v) is 2.50. The van der Waals surface area contributed by atoms with Crippen molar-refractivity contribution >= 4 is 44.2 Å². The topological polar surface area (TPSA) is 38.1 Å². The van der Waals surface area contributed by atoms with Crippen molar-refractivity contribution in [3.05, 3.63) is 0 Å². The number of nitrogens with two attached hydrogens (primary N) is 1. The Labute approximate surface area is 70.6 Å². The average Bonchev–Trinajstić information content (AvgIpc) is 1.87. The predicted octanol–water partition coefficient (Wildman–Crippen LogP) is -2.88. The number of quaternary nitrogens is 2. The normalized spacial score (nSPS) is 13.2. The molecule has 0 fully saturated rings. The first-order valence-corrected chi connectivity index (χ1v) is 3.86. The van der Waals surface area contributed by atoms with Crippen LogP contribution in [0, 0.1) is 0 Å². The number of hydrogen-bond acceptors (Lipinski definition) is 4.